The predicted octanol–water partition coefficient (Wildman–Crippen LogP) is 2.52. The van der Waals surface area contributed by atoms with E-state index in [1.807, 2.05) is 0 Å². The Morgan fingerprint density at radius 3 is 2.94 bits per heavy atom. The smallest absolute Gasteiger partial charge is 0.319 e. The average molecular weight is 242 g/mol. The van der Waals surface area contributed by atoms with Crippen molar-refractivity contribution in [3.8, 4) is 6.01 Å². The number of anilines is 1. The molecule has 1 aromatic heterocycles. The van der Waals surface area contributed by atoms with Gasteiger partial charge >= 0.3 is 6.01 Å². The molecule has 88 valence electrons. The Bertz CT molecular complexity index is 372. The summed E-state index contributed by atoms with van der Waals surface area (Å²) in [5.41, 5.74) is 0. The molecule has 4 nitrogen and oxygen atoms in total. The van der Waals surface area contributed by atoms with Crippen LogP contribution >= 0.6 is 11.6 Å². The Morgan fingerprint density at radius 1 is 1.44 bits per heavy atom. The van der Waals surface area contributed by atoms with E-state index >= 15 is 0 Å². The zero-order chi connectivity index (χ0) is 11.5. The van der Waals surface area contributed by atoms with Gasteiger partial charge in [0.15, 0.2) is 0 Å². The second kappa shape index (κ2) is 4.87. The van der Waals surface area contributed by atoms with E-state index in [-0.39, 0.29) is 0 Å². The van der Waals surface area contributed by atoms with Gasteiger partial charge < -0.3 is 9.64 Å². The van der Waals surface area contributed by atoms with Crippen molar-refractivity contribution in [3.63, 3.8) is 0 Å². The highest BCUT2D eigenvalue weighted by Gasteiger charge is 2.20. The molecule has 2 rings (SSSR count). The molecule has 1 saturated heterocycles. The fraction of sp³-hybridized carbons (Fsp3) is 0.636. The van der Waals surface area contributed by atoms with Crippen LogP contribution < -0.4 is 9.64 Å². The van der Waals surface area contributed by atoms with E-state index in [4.69, 9.17) is 16.3 Å². The average Bonchev–Trinajstić information content (AvgIpc) is 2.28. The van der Waals surface area contributed by atoms with Gasteiger partial charge in [0, 0.05) is 18.7 Å². The third-order valence-corrected chi connectivity index (χ3v) is 3.13. The van der Waals surface area contributed by atoms with Crippen molar-refractivity contribution in [3.05, 3.63) is 11.2 Å². The SMILES string of the molecule is COc1nc(Cl)cc(N2CCCCC2C)n1. The molecule has 0 N–H and O–H groups in total. The molecule has 0 bridgehead atoms. The highest BCUT2D eigenvalue weighted by atomic mass is 35.5. The van der Waals surface area contributed by atoms with Crippen LogP contribution in [0.1, 0.15) is 26.2 Å². The van der Waals surface area contributed by atoms with Crippen LogP contribution in [0, 0.1) is 0 Å². The molecular formula is C11H16ClN3O. The summed E-state index contributed by atoms with van der Waals surface area (Å²) in [5.74, 6) is 0.865. The summed E-state index contributed by atoms with van der Waals surface area (Å²) in [6.07, 6.45) is 3.69. The standard InChI is InChI=1S/C11H16ClN3O/c1-8-5-3-4-6-15(8)10-7-9(12)13-11(14-10)16-2/h7-8H,3-6H2,1-2H3. The van der Waals surface area contributed by atoms with Crippen molar-refractivity contribution in [1.29, 1.82) is 0 Å². The van der Waals surface area contributed by atoms with E-state index in [9.17, 15) is 0 Å². The molecule has 1 aliphatic rings. The van der Waals surface area contributed by atoms with Crippen LogP contribution in [0.15, 0.2) is 6.07 Å². The molecule has 1 unspecified atom stereocenters. The van der Waals surface area contributed by atoms with Crippen LogP contribution in [0.5, 0.6) is 6.01 Å². The number of nitrogens with zero attached hydrogens (tertiary/aromatic N) is 3. The van der Waals surface area contributed by atoms with Gasteiger partial charge in [0.1, 0.15) is 11.0 Å². The van der Waals surface area contributed by atoms with Gasteiger partial charge in [-0.3, -0.25) is 0 Å². The summed E-state index contributed by atoms with van der Waals surface area (Å²) in [6.45, 7) is 3.24. The van der Waals surface area contributed by atoms with Crippen molar-refractivity contribution in [2.24, 2.45) is 0 Å². The molecule has 5 heteroatoms. The van der Waals surface area contributed by atoms with Gasteiger partial charge in [-0.1, -0.05) is 11.6 Å². The van der Waals surface area contributed by atoms with Gasteiger partial charge in [-0.25, -0.2) is 0 Å². The van der Waals surface area contributed by atoms with E-state index in [1.54, 1.807) is 13.2 Å². The largest absolute Gasteiger partial charge is 0.467 e. The van der Waals surface area contributed by atoms with Gasteiger partial charge in [-0.15, -0.1) is 0 Å². The van der Waals surface area contributed by atoms with Crippen molar-refractivity contribution in [1.82, 2.24) is 9.97 Å². The van der Waals surface area contributed by atoms with E-state index in [0.29, 0.717) is 17.2 Å². The minimum absolute atomic E-state index is 0.334. The Kier molecular flexibility index (Phi) is 3.49. The maximum Gasteiger partial charge on any atom is 0.319 e. The van der Waals surface area contributed by atoms with Crippen LogP contribution in [-0.2, 0) is 0 Å². The van der Waals surface area contributed by atoms with Gasteiger partial charge in [-0.05, 0) is 26.2 Å². The molecule has 16 heavy (non-hydrogen) atoms. The quantitative estimate of drug-likeness (QED) is 0.746. The predicted molar refractivity (Wildman–Crippen MR) is 64.3 cm³/mol. The molecule has 0 saturated carbocycles. The monoisotopic (exact) mass is 241 g/mol. The number of rotatable bonds is 2. The number of halogens is 1. The molecule has 0 aromatic carbocycles. The Morgan fingerprint density at radius 2 is 2.25 bits per heavy atom. The fourth-order valence-corrected chi connectivity index (χ4v) is 2.23. The maximum atomic E-state index is 5.94. The second-order valence-electron chi connectivity index (χ2n) is 4.07. The van der Waals surface area contributed by atoms with Crippen LogP contribution in [0.25, 0.3) is 0 Å². The number of aromatic nitrogens is 2. The molecule has 0 radical (unpaired) electrons. The minimum Gasteiger partial charge on any atom is -0.467 e. The van der Waals surface area contributed by atoms with E-state index in [0.717, 1.165) is 12.4 Å². The number of ether oxygens (including phenoxy) is 1. The lowest BCUT2D eigenvalue weighted by Gasteiger charge is -2.34. The summed E-state index contributed by atoms with van der Waals surface area (Å²) < 4.78 is 5.03. The highest BCUT2D eigenvalue weighted by molar-refractivity contribution is 6.29. The van der Waals surface area contributed by atoms with Crippen molar-refractivity contribution in [2.45, 2.75) is 32.2 Å². The van der Waals surface area contributed by atoms with Crippen LogP contribution in [-0.4, -0.2) is 29.7 Å². The van der Waals surface area contributed by atoms with E-state index in [1.165, 1.54) is 19.3 Å². The summed E-state index contributed by atoms with van der Waals surface area (Å²) in [7, 11) is 1.55. The van der Waals surface area contributed by atoms with Gasteiger partial charge in [0.25, 0.3) is 0 Å². The Hall–Kier alpha value is -1.03. The Balaban J connectivity index is 2.27. The van der Waals surface area contributed by atoms with E-state index < -0.39 is 0 Å². The molecule has 2 heterocycles. The lowest BCUT2D eigenvalue weighted by molar-refractivity contribution is 0.378. The van der Waals surface area contributed by atoms with Crippen LogP contribution in [0.4, 0.5) is 5.82 Å². The van der Waals surface area contributed by atoms with Crippen LogP contribution in [0.2, 0.25) is 5.15 Å². The third kappa shape index (κ3) is 2.38. The summed E-state index contributed by atoms with van der Waals surface area (Å²) in [4.78, 5) is 10.6. The molecule has 1 fully saturated rings. The van der Waals surface area contributed by atoms with Crippen molar-refractivity contribution >= 4 is 17.4 Å². The summed E-state index contributed by atoms with van der Waals surface area (Å²) in [5, 5.41) is 0.430. The maximum absolute atomic E-state index is 5.94. The first-order chi connectivity index (χ1) is 7.70. The molecule has 0 amide bonds. The normalized spacial score (nSPS) is 20.9. The van der Waals surface area contributed by atoms with E-state index in [2.05, 4.69) is 21.8 Å². The molecular weight excluding hydrogens is 226 g/mol. The molecule has 1 atom stereocenters. The first-order valence-corrected chi connectivity index (χ1v) is 5.93. The van der Waals surface area contributed by atoms with Gasteiger partial charge in [0.2, 0.25) is 0 Å². The highest BCUT2D eigenvalue weighted by Crippen LogP contribution is 2.25. The lowest BCUT2D eigenvalue weighted by atomic mass is 10.0. The zero-order valence-electron chi connectivity index (χ0n) is 9.61. The molecule has 1 aromatic rings. The summed E-state index contributed by atoms with van der Waals surface area (Å²) >= 11 is 5.94. The minimum atomic E-state index is 0.334. The molecule has 0 spiro atoms. The van der Waals surface area contributed by atoms with Crippen molar-refractivity contribution in [2.75, 3.05) is 18.6 Å². The zero-order valence-corrected chi connectivity index (χ0v) is 10.4. The molecule has 0 aliphatic carbocycles. The topological polar surface area (TPSA) is 38.2 Å². The number of hydrogen-bond donors (Lipinski definition) is 0. The first kappa shape index (κ1) is 11.5. The Labute approximate surface area is 101 Å². The van der Waals surface area contributed by atoms with Crippen molar-refractivity contribution < 1.29 is 4.74 Å². The number of methoxy groups -OCH3 is 1. The second-order valence-corrected chi connectivity index (χ2v) is 4.46. The van der Waals surface area contributed by atoms with Gasteiger partial charge in [0.05, 0.1) is 7.11 Å². The number of piperidine rings is 1. The van der Waals surface area contributed by atoms with Gasteiger partial charge in [-0.2, -0.15) is 9.97 Å². The third-order valence-electron chi connectivity index (χ3n) is 2.94. The van der Waals surface area contributed by atoms with Crippen LogP contribution in [0.3, 0.4) is 0 Å². The number of hydrogen-bond acceptors (Lipinski definition) is 4. The fourth-order valence-electron chi connectivity index (χ4n) is 2.06. The summed E-state index contributed by atoms with van der Waals surface area (Å²) in [6, 6.07) is 2.64. The molecule has 1 aliphatic heterocycles. The first-order valence-electron chi connectivity index (χ1n) is 5.56. The lowest BCUT2D eigenvalue weighted by Crippen LogP contribution is -2.38.